The van der Waals surface area contributed by atoms with Crippen molar-refractivity contribution in [3.8, 4) is 22.6 Å². The lowest BCUT2D eigenvalue weighted by Crippen LogP contribution is -2.16. The molecule has 0 fully saturated rings. The monoisotopic (exact) mass is 318 g/mol. The first-order chi connectivity index (χ1) is 11.7. The summed E-state index contributed by atoms with van der Waals surface area (Å²) in [6, 6.07) is 24.4. The Morgan fingerprint density at radius 3 is 2.21 bits per heavy atom. The molecule has 4 heteroatoms. The maximum Gasteiger partial charge on any atom is 0.417 e. The summed E-state index contributed by atoms with van der Waals surface area (Å²) in [6.07, 6.45) is -0.537. The van der Waals surface area contributed by atoms with Crippen LogP contribution in [0.3, 0.4) is 0 Å². The second-order valence-corrected chi connectivity index (χ2v) is 5.14. The molecule has 0 aliphatic heterocycles. The van der Waals surface area contributed by atoms with Gasteiger partial charge in [0.1, 0.15) is 11.5 Å². The third-order valence-electron chi connectivity index (χ3n) is 3.49. The van der Waals surface area contributed by atoms with Gasteiger partial charge in [-0.05, 0) is 47.5 Å². The van der Waals surface area contributed by atoms with Crippen LogP contribution in [0.4, 0.5) is 10.5 Å². The van der Waals surface area contributed by atoms with Crippen molar-refractivity contribution in [1.82, 2.24) is 0 Å². The predicted octanol–water partition coefficient (Wildman–Crippen LogP) is 4.97. The Morgan fingerprint density at radius 1 is 0.792 bits per heavy atom. The summed E-state index contributed by atoms with van der Waals surface area (Å²) in [4.78, 5) is 12.0. The minimum absolute atomic E-state index is 0.488. The van der Waals surface area contributed by atoms with Crippen LogP contribution in [-0.4, -0.2) is 13.2 Å². The van der Waals surface area contributed by atoms with Crippen LogP contribution in [0.5, 0.6) is 11.5 Å². The molecule has 0 atom stereocenters. The average Bonchev–Trinajstić information content (AvgIpc) is 2.63. The van der Waals surface area contributed by atoms with E-state index in [-0.39, 0.29) is 0 Å². The van der Waals surface area contributed by atoms with Crippen molar-refractivity contribution in [1.29, 1.82) is 0 Å². The van der Waals surface area contributed by atoms with E-state index in [1.54, 1.807) is 37.4 Å². The summed E-state index contributed by atoms with van der Waals surface area (Å²) < 4.78 is 10.4. The topological polar surface area (TPSA) is 47.6 Å². The van der Waals surface area contributed by atoms with E-state index in [0.717, 1.165) is 16.9 Å². The van der Waals surface area contributed by atoms with Gasteiger partial charge in [-0.25, -0.2) is 4.79 Å². The average molecular weight is 318 g/mol. The van der Waals surface area contributed by atoms with Gasteiger partial charge in [-0.2, -0.15) is 0 Å². The Morgan fingerprint density at radius 2 is 1.50 bits per heavy atom. The van der Waals surface area contributed by atoms with Gasteiger partial charge >= 0.3 is 6.09 Å². The minimum atomic E-state index is -0.537. The zero-order valence-corrected chi connectivity index (χ0v) is 13.2. The van der Waals surface area contributed by atoms with E-state index in [4.69, 9.17) is 9.47 Å². The van der Waals surface area contributed by atoms with Gasteiger partial charge in [0.2, 0.25) is 0 Å². The number of carbonyl (C=O) groups excluding carboxylic acids is 1. The highest BCUT2D eigenvalue weighted by molar-refractivity contribution is 5.86. The lowest BCUT2D eigenvalue weighted by Gasteiger charge is -2.09. The van der Waals surface area contributed by atoms with E-state index in [2.05, 4.69) is 5.32 Å². The number of methoxy groups -OCH3 is 1. The second-order valence-electron chi connectivity index (χ2n) is 5.14. The van der Waals surface area contributed by atoms with Crippen molar-refractivity contribution in [3.63, 3.8) is 0 Å². The summed E-state index contributed by atoms with van der Waals surface area (Å²) in [5.74, 6) is 1.21. The van der Waals surface area contributed by atoms with Gasteiger partial charge in [0.05, 0.1) is 7.11 Å². The van der Waals surface area contributed by atoms with Gasteiger partial charge in [0.15, 0.2) is 0 Å². The maximum atomic E-state index is 12.0. The van der Waals surface area contributed by atoms with Crippen LogP contribution in [0.15, 0.2) is 78.9 Å². The number of ether oxygens (including phenoxy) is 2. The molecule has 1 amide bonds. The minimum Gasteiger partial charge on any atom is -0.497 e. The van der Waals surface area contributed by atoms with E-state index in [1.165, 1.54) is 0 Å². The number of anilines is 1. The molecule has 120 valence electrons. The quantitative estimate of drug-likeness (QED) is 0.738. The highest BCUT2D eigenvalue weighted by Crippen LogP contribution is 2.24. The second kappa shape index (κ2) is 7.33. The Kier molecular flexibility index (Phi) is 4.77. The van der Waals surface area contributed by atoms with Gasteiger partial charge in [0.25, 0.3) is 0 Å². The molecule has 0 aliphatic rings. The largest absolute Gasteiger partial charge is 0.497 e. The number of nitrogens with one attached hydrogen (secondary N) is 1. The van der Waals surface area contributed by atoms with Gasteiger partial charge in [-0.1, -0.05) is 42.5 Å². The molecule has 0 radical (unpaired) electrons. The Balaban J connectivity index is 1.68. The summed E-state index contributed by atoms with van der Waals surface area (Å²) in [7, 11) is 1.59. The molecule has 3 aromatic rings. The molecule has 0 aliphatic carbocycles. The van der Waals surface area contributed by atoms with Crippen LogP contribution in [-0.2, 0) is 0 Å². The standard InChI is InChI=1S/C20H17NO3/c1-23-18-12-10-17(11-13-18)21-20(22)24-19-9-5-8-16(14-19)15-6-3-2-4-7-15/h2-14H,1H3,(H,21,22)/i1-1. The van der Waals surface area contributed by atoms with Gasteiger partial charge < -0.3 is 9.47 Å². The zero-order chi connectivity index (χ0) is 16.8. The summed E-state index contributed by atoms with van der Waals surface area (Å²) >= 11 is 0. The number of hydrogen-bond donors (Lipinski definition) is 1. The molecule has 3 aromatic carbocycles. The van der Waals surface area contributed by atoms with E-state index >= 15 is 0 Å². The Labute approximate surface area is 140 Å². The summed E-state index contributed by atoms with van der Waals surface area (Å²) in [5, 5.41) is 2.68. The van der Waals surface area contributed by atoms with Crippen LogP contribution in [0.1, 0.15) is 0 Å². The molecule has 0 unspecified atom stereocenters. The van der Waals surface area contributed by atoms with Crippen molar-refractivity contribution >= 4 is 11.8 Å². The molecule has 0 aromatic heterocycles. The molecule has 1 N–H and O–H groups in total. The first kappa shape index (κ1) is 15.6. The fourth-order valence-electron chi connectivity index (χ4n) is 2.29. The molecule has 24 heavy (non-hydrogen) atoms. The molecule has 3 rings (SSSR count). The normalized spacial score (nSPS) is 10.0. The van der Waals surface area contributed by atoms with Crippen molar-refractivity contribution < 1.29 is 14.3 Å². The van der Waals surface area contributed by atoms with Crippen LogP contribution in [0.2, 0.25) is 0 Å². The zero-order valence-electron chi connectivity index (χ0n) is 13.2. The van der Waals surface area contributed by atoms with Crippen LogP contribution >= 0.6 is 0 Å². The van der Waals surface area contributed by atoms with E-state index < -0.39 is 6.09 Å². The SMILES string of the molecule is [11CH3]Oc1ccc(NC(=O)Oc2cccc(-c3ccccc3)c2)cc1. The van der Waals surface area contributed by atoms with Gasteiger partial charge in [0, 0.05) is 5.69 Å². The lowest BCUT2D eigenvalue weighted by molar-refractivity contribution is 0.215. The number of benzene rings is 3. The third kappa shape index (κ3) is 3.93. The van der Waals surface area contributed by atoms with Crippen LogP contribution in [0, 0.1) is 0 Å². The first-order valence-electron chi connectivity index (χ1n) is 7.53. The molecule has 0 bridgehead atoms. The van der Waals surface area contributed by atoms with E-state index in [1.807, 2.05) is 48.5 Å². The highest BCUT2D eigenvalue weighted by Gasteiger charge is 2.06. The van der Waals surface area contributed by atoms with Crippen LogP contribution in [0.25, 0.3) is 11.1 Å². The molecule has 4 nitrogen and oxygen atoms in total. The first-order valence-corrected chi connectivity index (χ1v) is 7.53. The molecular weight excluding hydrogens is 301 g/mol. The summed E-state index contributed by atoms with van der Waals surface area (Å²) in [5.41, 5.74) is 2.70. The van der Waals surface area contributed by atoms with Crippen molar-refractivity contribution in [3.05, 3.63) is 78.9 Å². The third-order valence-corrected chi connectivity index (χ3v) is 3.49. The lowest BCUT2D eigenvalue weighted by atomic mass is 10.1. The Bertz CT molecular complexity index is 814. The number of carbonyl (C=O) groups is 1. The maximum absolute atomic E-state index is 12.0. The number of hydrogen-bond acceptors (Lipinski definition) is 3. The molecule has 0 saturated heterocycles. The van der Waals surface area contributed by atoms with E-state index in [0.29, 0.717) is 11.4 Å². The van der Waals surface area contributed by atoms with Gasteiger partial charge in [-0.3, -0.25) is 5.32 Å². The van der Waals surface area contributed by atoms with Crippen molar-refractivity contribution in [2.24, 2.45) is 0 Å². The number of amides is 1. The van der Waals surface area contributed by atoms with Crippen molar-refractivity contribution in [2.75, 3.05) is 12.4 Å². The molecule has 0 saturated carbocycles. The predicted molar refractivity (Wildman–Crippen MR) is 94.5 cm³/mol. The molecular formula is C20H17NO3. The molecule has 0 spiro atoms. The van der Waals surface area contributed by atoms with Crippen molar-refractivity contribution in [2.45, 2.75) is 0 Å². The summed E-state index contributed by atoms with van der Waals surface area (Å²) in [6.45, 7) is 0. The number of rotatable bonds is 4. The highest BCUT2D eigenvalue weighted by atomic mass is 16.6. The fourth-order valence-corrected chi connectivity index (χ4v) is 2.29. The van der Waals surface area contributed by atoms with Crippen LogP contribution < -0.4 is 14.8 Å². The van der Waals surface area contributed by atoms with E-state index in [9.17, 15) is 4.79 Å². The fraction of sp³-hybridized carbons (Fsp3) is 0.0500. The molecule has 0 heterocycles. The Hall–Kier alpha value is -3.27. The smallest absolute Gasteiger partial charge is 0.417 e. The van der Waals surface area contributed by atoms with Gasteiger partial charge in [-0.15, -0.1) is 0 Å².